The number of rotatable bonds is 12. The zero-order valence-corrected chi connectivity index (χ0v) is 15.3. The van der Waals surface area contributed by atoms with Gasteiger partial charge in [0.2, 0.25) is 5.91 Å². The molecule has 0 aliphatic rings. The van der Waals surface area contributed by atoms with E-state index in [4.69, 9.17) is 5.73 Å². The third kappa shape index (κ3) is 16.4. The third-order valence-electron chi connectivity index (χ3n) is 3.29. The molecule has 0 aromatic rings. The Hall–Kier alpha value is 0.430. The van der Waals surface area contributed by atoms with E-state index < -0.39 is 0 Å². The Morgan fingerprint density at radius 3 is 1.95 bits per heavy atom. The van der Waals surface area contributed by atoms with Gasteiger partial charge in [0.25, 0.3) is 0 Å². The molecule has 0 spiro atoms. The molecular formula is C15H33N2NaO. The Bertz CT molecular complexity index is 206. The first-order chi connectivity index (χ1) is 8.70. The molecule has 0 saturated carbocycles. The largest absolute Gasteiger partial charge is 1.00 e. The number of nitrogens with one attached hydrogen (secondary N) is 1. The standard InChI is InChI=1S/C15H32N2O.Na.H/c1-3-5-6-7-8-9-10-11-12-13-15(18)17-14(16)4-2;;/h14H,3-13,16H2,1-2H3,(H,17,18);;/q;+1;-1. The summed E-state index contributed by atoms with van der Waals surface area (Å²) in [5, 5.41) is 2.79. The fraction of sp³-hybridized carbons (Fsp3) is 0.933. The Labute approximate surface area is 143 Å². The number of carbonyl (C=O) groups excluding carboxylic acids is 1. The molecule has 19 heavy (non-hydrogen) atoms. The van der Waals surface area contributed by atoms with Crippen molar-refractivity contribution in [2.75, 3.05) is 0 Å². The van der Waals surface area contributed by atoms with Crippen molar-refractivity contribution in [3.05, 3.63) is 0 Å². The molecule has 0 fully saturated rings. The van der Waals surface area contributed by atoms with Crippen LogP contribution in [0.25, 0.3) is 0 Å². The summed E-state index contributed by atoms with van der Waals surface area (Å²) in [6.45, 7) is 4.22. The van der Waals surface area contributed by atoms with E-state index in [9.17, 15) is 4.79 Å². The normalized spacial score (nSPS) is 11.7. The summed E-state index contributed by atoms with van der Waals surface area (Å²) in [6, 6.07) is 0. The molecule has 0 aromatic carbocycles. The van der Waals surface area contributed by atoms with E-state index in [1.165, 1.54) is 51.4 Å². The van der Waals surface area contributed by atoms with Gasteiger partial charge in [0.1, 0.15) is 0 Å². The molecule has 0 bridgehead atoms. The Balaban J connectivity index is -0.00000144. The first-order valence-corrected chi connectivity index (χ1v) is 7.75. The van der Waals surface area contributed by atoms with Crippen molar-refractivity contribution < 1.29 is 35.8 Å². The van der Waals surface area contributed by atoms with Crippen molar-refractivity contribution in [1.29, 1.82) is 0 Å². The van der Waals surface area contributed by atoms with Crippen LogP contribution in [0.3, 0.4) is 0 Å². The van der Waals surface area contributed by atoms with Crippen LogP contribution < -0.4 is 40.6 Å². The third-order valence-corrected chi connectivity index (χ3v) is 3.29. The van der Waals surface area contributed by atoms with Crippen LogP contribution in [0.2, 0.25) is 0 Å². The van der Waals surface area contributed by atoms with E-state index in [1.807, 2.05) is 6.92 Å². The van der Waals surface area contributed by atoms with Crippen molar-refractivity contribution in [3.63, 3.8) is 0 Å². The molecule has 4 heteroatoms. The Morgan fingerprint density at radius 1 is 1.00 bits per heavy atom. The van der Waals surface area contributed by atoms with E-state index in [0.29, 0.717) is 6.42 Å². The zero-order valence-electron chi connectivity index (χ0n) is 14.3. The van der Waals surface area contributed by atoms with E-state index >= 15 is 0 Å². The molecule has 0 aromatic heterocycles. The Morgan fingerprint density at radius 2 is 1.47 bits per heavy atom. The van der Waals surface area contributed by atoms with Crippen molar-refractivity contribution >= 4 is 5.91 Å². The van der Waals surface area contributed by atoms with Crippen LogP contribution in [0.15, 0.2) is 0 Å². The molecule has 3 nitrogen and oxygen atoms in total. The first-order valence-electron chi connectivity index (χ1n) is 7.75. The summed E-state index contributed by atoms with van der Waals surface area (Å²) in [7, 11) is 0. The van der Waals surface area contributed by atoms with Crippen LogP contribution in [0.4, 0.5) is 0 Å². The molecule has 1 unspecified atom stereocenters. The van der Waals surface area contributed by atoms with E-state index in [-0.39, 0.29) is 43.1 Å². The van der Waals surface area contributed by atoms with Gasteiger partial charge >= 0.3 is 29.6 Å². The number of hydrogen-bond donors (Lipinski definition) is 2. The van der Waals surface area contributed by atoms with Crippen molar-refractivity contribution in [3.8, 4) is 0 Å². The maximum atomic E-state index is 11.4. The second-order valence-corrected chi connectivity index (χ2v) is 5.16. The van der Waals surface area contributed by atoms with Crippen molar-refractivity contribution in [2.45, 2.75) is 90.6 Å². The van der Waals surface area contributed by atoms with Gasteiger partial charge in [-0.05, 0) is 12.8 Å². The molecule has 0 rings (SSSR count). The van der Waals surface area contributed by atoms with Gasteiger partial charge in [0.05, 0.1) is 6.17 Å². The van der Waals surface area contributed by atoms with Gasteiger partial charge in [0.15, 0.2) is 0 Å². The minimum atomic E-state index is -0.170. The SMILES string of the molecule is CCCCCCCCCCCC(=O)NC(N)CC.[H-].[Na+]. The fourth-order valence-corrected chi connectivity index (χ4v) is 1.98. The summed E-state index contributed by atoms with van der Waals surface area (Å²) >= 11 is 0. The van der Waals surface area contributed by atoms with Crippen molar-refractivity contribution in [2.24, 2.45) is 5.73 Å². The minimum Gasteiger partial charge on any atom is -1.00 e. The Kier molecular flexibility index (Phi) is 18.8. The average molecular weight is 280 g/mol. The number of carbonyl (C=O) groups is 1. The summed E-state index contributed by atoms with van der Waals surface area (Å²) in [5.41, 5.74) is 5.65. The van der Waals surface area contributed by atoms with E-state index in [2.05, 4.69) is 12.2 Å². The van der Waals surface area contributed by atoms with E-state index in [1.54, 1.807) is 0 Å². The summed E-state index contributed by atoms with van der Waals surface area (Å²) < 4.78 is 0. The van der Waals surface area contributed by atoms with Crippen LogP contribution in [-0.2, 0) is 4.79 Å². The first kappa shape index (κ1) is 21.7. The smallest absolute Gasteiger partial charge is 1.00 e. The number of unbranched alkanes of at least 4 members (excludes halogenated alkanes) is 8. The van der Waals surface area contributed by atoms with E-state index in [0.717, 1.165) is 12.8 Å². The van der Waals surface area contributed by atoms with Crippen molar-refractivity contribution in [1.82, 2.24) is 5.32 Å². The van der Waals surface area contributed by atoms with Crippen LogP contribution >= 0.6 is 0 Å². The molecule has 0 aliphatic carbocycles. The molecule has 3 N–H and O–H groups in total. The maximum absolute atomic E-state index is 11.4. The van der Waals surface area contributed by atoms with Gasteiger partial charge in [-0.25, -0.2) is 0 Å². The van der Waals surface area contributed by atoms with Crippen LogP contribution in [0.1, 0.15) is 85.9 Å². The second-order valence-electron chi connectivity index (χ2n) is 5.16. The molecule has 0 heterocycles. The van der Waals surface area contributed by atoms with Crippen LogP contribution in [-0.4, -0.2) is 12.1 Å². The minimum absolute atomic E-state index is 0. The number of nitrogens with two attached hydrogens (primary N) is 1. The molecule has 0 radical (unpaired) electrons. The quantitative estimate of drug-likeness (QED) is 0.316. The summed E-state index contributed by atoms with van der Waals surface area (Å²) in [6.07, 6.45) is 12.8. The average Bonchev–Trinajstić information content (AvgIpc) is 2.36. The van der Waals surface area contributed by atoms with Gasteiger partial charge in [-0.1, -0.05) is 65.2 Å². The predicted octanol–water partition coefficient (Wildman–Crippen LogP) is 0.835. The molecule has 0 saturated heterocycles. The van der Waals surface area contributed by atoms with Gasteiger partial charge in [-0.2, -0.15) is 0 Å². The van der Waals surface area contributed by atoms with Gasteiger partial charge < -0.3 is 12.5 Å². The number of hydrogen-bond acceptors (Lipinski definition) is 2. The monoisotopic (exact) mass is 280 g/mol. The molecule has 1 atom stereocenters. The zero-order chi connectivity index (χ0) is 13.6. The fourth-order valence-electron chi connectivity index (χ4n) is 1.98. The van der Waals surface area contributed by atoms with Gasteiger partial charge in [0, 0.05) is 6.42 Å². The molecule has 110 valence electrons. The summed E-state index contributed by atoms with van der Waals surface area (Å²) in [5.74, 6) is 0.104. The molecular weight excluding hydrogens is 247 g/mol. The topological polar surface area (TPSA) is 55.1 Å². The second kappa shape index (κ2) is 16.5. The van der Waals surface area contributed by atoms with Crippen LogP contribution in [0, 0.1) is 0 Å². The molecule has 0 aliphatic heterocycles. The van der Waals surface area contributed by atoms with Gasteiger partial charge in [-0.3, -0.25) is 4.79 Å². The predicted molar refractivity (Wildman–Crippen MR) is 79.4 cm³/mol. The summed E-state index contributed by atoms with van der Waals surface area (Å²) in [4.78, 5) is 11.4. The maximum Gasteiger partial charge on any atom is 1.00 e. The van der Waals surface area contributed by atoms with Gasteiger partial charge in [-0.15, -0.1) is 0 Å². The number of amides is 1. The molecule has 1 amide bonds. The van der Waals surface area contributed by atoms with Crippen LogP contribution in [0.5, 0.6) is 0 Å².